The summed E-state index contributed by atoms with van der Waals surface area (Å²) in [5, 5.41) is 0.152. The molecule has 2 heterocycles. The molecule has 2 aromatic rings. The number of nitrogens with zero attached hydrogens (tertiary/aromatic N) is 2. The fourth-order valence-electron chi connectivity index (χ4n) is 2.44. The van der Waals surface area contributed by atoms with Crippen molar-refractivity contribution in [2.45, 2.75) is 18.7 Å². The van der Waals surface area contributed by atoms with Crippen LogP contribution in [-0.4, -0.2) is 28.2 Å². The van der Waals surface area contributed by atoms with Gasteiger partial charge in [-0.3, -0.25) is 4.79 Å². The molecule has 0 spiro atoms. The van der Waals surface area contributed by atoms with Gasteiger partial charge >= 0.3 is 0 Å². The first-order chi connectivity index (χ1) is 9.69. The Hall–Kier alpha value is -1.68. The molecule has 20 heavy (non-hydrogen) atoms. The van der Waals surface area contributed by atoms with Crippen molar-refractivity contribution in [3.05, 3.63) is 53.9 Å². The minimum absolute atomic E-state index is 0.152. The summed E-state index contributed by atoms with van der Waals surface area (Å²) in [7, 11) is 1.88. The summed E-state index contributed by atoms with van der Waals surface area (Å²) >= 11 is 1.69. The molecule has 0 saturated carbocycles. The van der Waals surface area contributed by atoms with Gasteiger partial charge in [0.2, 0.25) is 5.91 Å². The maximum Gasteiger partial charge on any atom is 0.233 e. The fraction of sp³-hybridized carbons (Fsp3) is 0.312. The molecule has 1 atom stereocenters. The SMILES string of the molecule is CCc1ccc(-n2ccc([C@@H]3SCC(=O)N3C)c2)cc1. The van der Waals surface area contributed by atoms with Crippen molar-refractivity contribution in [2.75, 3.05) is 12.8 Å². The van der Waals surface area contributed by atoms with Gasteiger partial charge in [0.1, 0.15) is 5.37 Å². The second-order valence-corrected chi connectivity index (χ2v) is 6.11. The Kier molecular flexibility index (Phi) is 3.57. The van der Waals surface area contributed by atoms with E-state index in [-0.39, 0.29) is 11.3 Å². The number of benzene rings is 1. The van der Waals surface area contributed by atoms with Crippen LogP contribution < -0.4 is 0 Å². The van der Waals surface area contributed by atoms with E-state index in [1.807, 2.05) is 11.9 Å². The Morgan fingerprint density at radius 3 is 2.60 bits per heavy atom. The number of aromatic nitrogens is 1. The first-order valence-corrected chi connectivity index (χ1v) is 7.88. The van der Waals surface area contributed by atoms with Crippen molar-refractivity contribution in [1.82, 2.24) is 9.47 Å². The molecule has 0 bridgehead atoms. The Labute approximate surface area is 123 Å². The minimum Gasteiger partial charge on any atom is -0.329 e. The lowest BCUT2D eigenvalue weighted by Crippen LogP contribution is -2.22. The van der Waals surface area contributed by atoms with Crippen LogP contribution in [-0.2, 0) is 11.2 Å². The highest BCUT2D eigenvalue weighted by molar-refractivity contribution is 8.00. The zero-order valence-electron chi connectivity index (χ0n) is 11.7. The summed E-state index contributed by atoms with van der Waals surface area (Å²) < 4.78 is 2.12. The molecule has 0 unspecified atom stereocenters. The lowest BCUT2D eigenvalue weighted by atomic mass is 10.1. The number of carbonyl (C=O) groups is 1. The van der Waals surface area contributed by atoms with E-state index in [0.29, 0.717) is 5.75 Å². The minimum atomic E-state index is 0.152. The van der Waals surface area contributed by atoms with Gasteiger partial charge < -0.3 is 9.47 Å². The normalized spacial score (nSPS) is 18.8. The Morgan fingerprint density at radius 1 is 1.25 bits per heavy atom. The summed E-state index contributed by atoms with van der Waals surface area (Å²) in [6.45, 7) is 2.16. The lowest BCUT2D eigenvalue weighted by Gasteiger charge is -2.17. The van der Waals surface area contributed by atoms with Gasteiger partial charge in [-0.15, -0.1) is 11.8 Å². The molecule has 1 aliphatic heterocycles. The second-order valence-electron chi connectivity index (χ2n) is 5.04. The maximum absolute atomic E-state index is 11.6. The molecule has 0 radical (unpaired) electrons. The third-order valence-corrected chi connectivity index (χ3v) is 5.07. The smallest absolute Gasteiger partial charge is 0.233 e. The highest BCUT2D eigenvalue weighted by Gasteiger charge is 2.30. The van der Waals surface area contributed by atoms with E-state index < -0.39 is 0 Å². The number of hydrogen-bond donors (Lipinski definition) is 0. The van der Waals surface area contributed by atoms with Gasteiger partial charge in [-0.2, -0.15) is 0 Å². The molecule has 1 aromatic heterocycles. The van der Waals surface area contributed by atoms with Crippen molar-refractivity contribution >= 4 is 17.7 Å². The van der Waals surface area contributed by atoms with Gasteiger partial charge in [0.15, 0.2) is 0 Å². The maximum atomic E-state index is 11.6. The van der Waals surface area contributed by atoms with Gasteiger partial charge in [0.05, 0.1) is 5.75 Å². The van der Waals surface area contributed by atoms with Crippen molar-refractivity contribution in [3.63, 3.8) is 0 Å². The van der Waals surface area contributed by atoms with Crippen LogP contribution in [0.4, 0.5) is 0 Å². The van der Waals surface area contributed by atoms with E-state index >= 15 is 0 Å². The molecule has 4 heteroatoms. The topological polar surface area (TPSA) is 25.2 Å². The largest absolute Gasteiger partial charge is 0.329 e. The molecule has 0 aliphatic carbocycles. The molecule has 1 amide bonds. The highest BCUT2D eigenvalue weighted by Crippen LogP contribution is 2.37. The predicted octanol–water partition coefficient (Wildman–Crippen LogP) is 3.24. The Morgan fingerprint density at radius 2 is 2.00 bits per heavy atom. The van der Waals surface area contributed by atoms with Crippen LogP contribution in [0.3, 0.4) is 0 Å². The number of aryl methyl sites for hydroxylation is 1. The molecular formula is C16H18N2OS. The van der Waals surface area contributed by atoms with E-state index in [1.165, 1.54) is 11.1 Å². The third kappa shape index (κ3) is 2.36. The molecule has 1 saturated heterocycles. The predicted molar refractivity (Wildman–Crippen MR) is 83.1 cm³/mol. The first-order valence-electron chi connectivity index (χ1n) is 6.83. The Bertz CT molecular complexity index is 618. The quantitative estimate of drug-likeness (QED) is 0.865. The van der Waals surface area contributed by atoms with Crippen molar-refractivity contribution in [1.29, 1.82) is 0 Å². The summed E-state index contributed by atoms with van der Waals surface area (Å²) in [4.78, 5) is 13.4. The second kappa shape index (κ2) is 5.37. The monoisotopic (exact) mass is 286 g/mol. The van der Waals surface area contributed by atoms with E-state index in [4.69, 9.17) is 0 Å². The van der Waals surface area contributed by atoms with Crippen LogP contribution in [0.1, 0.15) is 23.4 Å². The number of amides is 1. The van der Waals surface area contributed by atoms with Crippen molar-refractivity contribution in [3.8, 4) is 5.69 Å². The summed E-state index contributed by atoms with van der Waals surface area (Å²) in [5.41, 5.74) is 3.69. The van der Waals surface area contributed by atoms with Crippen LogP contribution in [0.2, 0.25) is 0 Å². The molecule has 3 rings (SSSR count). The van der Waals surface area contributed by atoms with Crippen LogP contribution in [0.25, 0.3) is 5.69 Å². The van der Waals surface area contributed by atoms with Gasteiger partial charge in [-0.1, -0.05) is 19.1 Å². The van der Waals surface area contributed by atoms with Gasteiger partial charge in [-0.05, 0) is 30.2 Å². The van der Waals surface area contributed by atoms with Crippen LogP contribution in [0, 0.1) is 0 Å². The highest BCUT2D eigenvalue weighted by atomic mass is 32.2. The lowest BCUT2D eigenvalue weighted by molar-refractivity contribution is -0.126. The standard InChI is InChI=1S/C16H18N2OS/c1-3-12-4-6-14(7-5-12)18-9-8-13(10-18)16-17(2)15(19)11-20-16/h4-10,16H,3,11H2,1-2H3/t16-/m0/s1. The number of rotatable bonds is 3. The van der Waals surface area contributed by atoms with E-state index in [0.717, 1.165) is 12.1 Å². The van der Waals surface area contributed by atoms with E-state index in [2.05, 4.69) is 54.2 Å². The average molecular weight is 286 g/mol. The van der Waals surface area contributed by atoms with Crippen molar-refractivity contribution < 1.29 is 4.79 Å². The first kappa shape index (κ1) is 13.3. The Balaban J connectivity index is 1.84. The number of thioether (sulfide) groups is 1. The summed E-state index contributed by atoms with van der Waals surface area (Å²) in [6.07, 6.45) is 5.24. The van der Waals surface area contributed by atoms with Gasteiger partial charge in [0, 0.05) is 30.7 Å². The van der Waals surface area contributed by atoms with E-state index in [1.54, 1.807) is 11.8 Å². The number of carbonyl (C=O) groups excluding carboxylic acids is 1. The number of hydrogen-bond acceptors (Lipinski definition) is 2. The zero-order valence-corrected chi connectivity index (χ0v) is 12.6. The molecule has 3 nitrogen and oxygen atoms in total. The molecule has 104 valence electrons. The van der Waals surface area contributed by atoms with E-state index in [9.17, 15) is 4.79 Å². The van der Waals surface area contributed by atoms with Crippen molar-refractivity contribution in [2.24, 2.45) is 0 Å². The van der Waals surface area contributed by atoms with Gasteiger partial charge in [-0.25, -0.2) is 0 Å². The molecular weight excluding hydrogens is 268 g/mol. The zero-order chi connectivity index (χ0) is 14.1. The average Bonchev–Trinajstić information content (AvgIpc) is 3.08. The molecule has 1 aromatic carbocycles. The van der Waals surface area contributed by atoms with Crippen LogP contribution >= 0.6 is 11.8 Å². The summed E-state index contributed by atoms with van der Waals surface area (Å²) in [5.74, 6) is 0.789. The third-order valence-electron chi connectivity index (χ3n) is 3.75. The molecule has 0 N–H and O–H groups in total. The molecule has 1 fully saturated rings. The fourth-order valence-corrected chi connectivity index (χ4v) is 3.62. The molecule has 1 aliphatic rings. The van der Waals surface area contributed by atoms with Crippen LogP contribution in [0.5, 0.6) is 0 Å². The van der Waals surface area contributed by atoms with Crippen LogP contribution in [0.15, 0.2) is 42.7 Å². The summed E-state index contributed by atoms with van der Waals surface area (Å²) in [6, 6.07) is 10.7. The van der Waals surface area contributed by atoms with Gasteiger partial charge in [0.25, 0.3) is 0 Å².